The van der Waals surface area contributed by atoms with E-state index in [1.165, 1.54) is 30.5 Å². The monoisotopic (exact) mass is 940 g/mol. The minimum absolute atomic E-state index is 0.00254. The Balaban J connectivity index is 1.31. The van der Waals surface area contributed by atoms with Gasteiger partial charge in [-0.25, -0.2) is 18.0 Å². The van der Waals surface area contributed by atoms with E-state index < -0.39 is 66.7 Å². The summed E-state index contributed by atoms with van der Waals surface area (Å²) in [5.74, 6) is -0.352. The number of rotatable bonds is 25. The maximum atomic E-state index is 14.2. The highest BCUT2D eigenvalue weighted by atomic mass is 32.2. The standard InChI is InChI=1S/C47H61N2O14PS/c1-7-57-46-34(4)44(31-59-46)62-47(52)48-42(43(50)28-49(27-33(2)3)65(54,55)41-24-22-39(56-6)23-25-41)26-36-18-20-40(21-19-36)60-32-64(53,61-30-38-16-12-9-13-17-38)63-35(5)45(51)58-29-37-14-10-8-11-15-37/h8-25,33-35,42-44,46,50H,7,26-32H2,1-6H3,(H,48,52)/t34?,35-,42-,43+,44-,46?,64?/m0/s1. The molecule has 65 heavy (non-hydrogen) atoms. The highest BCUT2D eigenvalue weighted by Gasteiger charge is 2.38. The minimum atomic E-state index is -4.10. The van der Waals surface area contributed by atoms with Gasteiger partial charge >= 0.3 is 19.7 Å². The zero-order valence-corrected chi connectivity index (χ0v) is 39.4. The van der Waals surface area contributed by atoms with Crippen molar-refractivity contribution in [2.75, 3.05) is 39.8 Å². The smallest absolute Gasteiger partial charge is 0.407 e. The van der Waals surface area contributed by atoms with Crippen LogP contribution >= 0.6 is 7.60 Å². The molecule has 0 radical (unpaired) electrons. The predicted molar refractivity (Wildman–Crippen MR) is 242 cm³/mol. The van der Waals surface area contributed by atoms with Crippen molar-refractivity contribution in [3.63, 3.8) is 0 Å². The number of aliphatic hydroxyl groups is 1. The highest BCUT2D eigenvalue weighted by molar-refractivity contribution is 7.89. The lowest BCUT2D eigenvalue weighted by atomic mass is 10.0. The van der Waals surface area contributed by atoms with Gasteiger partial charge in [0.05, 0.1) is 37.4 Å². The second-order valence-corrected chi connectivity index (χ2v) is 19.9. The maximum Gasteiger partial charge on any atom is 0.407 e. The third-order valence-corrected chi connectivity index (χ3v) is 13.8. The Morgan fingerprint density at radius 2 is 1.48 bits per heavy atom. The maximum absolute atomic E-state index is 14.2. The molecule has 5 rings (SSSR count). The summed E-state index contributed by atoms with van der Waals surface area (Å²) < 4.78 is 88.4. The Bertz CT molecular complexity index is 2230. The van der Waals surface area contributed by atoms with Crippen molar-refractivity contribution < 1.29 is 65.1 Å². The lowest BCUT2D eigenvalue weighted by molar-refractivity contribution is -0.153. The van der Waals surface area contributed by atoms with Gasteiger partial charge in [-0.3, -0.25) is 9.09 Å². The van der Waals surface area contributed by atoms with Crippen LogP contribution in [0.15, 0.2) is 114 Å². The van der Waals surface area contributed by atoms with Crippen molar-refractivity contribution in [3.05, 3.63) is 126 Å². The molecule has 1 aliphatic rings. The molecule has 0 bridgehead atoms. The number of ether oxygens (including phenoxy) is 6. The molecular formula is C47H61N2O14PS. The molecule has 0 aliphatic carbocycles. The van der Waals surface area contributed by atoms with Crippen molar-refractivity contribution in [3.8, 4) is 11.5 Å². The van der Waals surface area contributed by atoms with Crippen LogP contribution < -0.4 is 14.8 Å². The largest absolute Gasteiger partial charge is 0.497 e. The van der Waals surface area contributed by atoms with Crippen LogP contribution in [0.5, 0.6) is 11.5 Å². The van der Waals surface area contributed by atoms with Gasteiger partial charge in [0, 0.05) is 25.6 Å². The van der Waals surface area contributed by atoms with E-state index in [4.69, 9.17) is 37.5 Å². The van der Waals surface area contributed by atoms with Gasteiger partial charge in [0.25, 0.3) is 0 Å². The number of carbonyl (C=O) groups is 2. The van der Waals surface area contributed by atoms with Gasteiger partial charge in [-0.2, -0.15) is 4.31 Å². The SMILES string of the molecule is CCOC1OC[C@H](OC(=O)N[C@@H](Cc2ccc(OCP(=O)(OCc3ccccc3)O[C@@H](C)C(=O)OCc3ccccc3)cc2)[C@H](O)CN(CC(C)C)S(=O)(=O)c2ccc(OC)cc2)C1C. The number of benzene rings is 4. The molecule has 0 spiro atoms. The van der Waals surface area contributed by atoms with Crippen molar-refractivity contribution in [1.29, 1.82) is 0 Å². The van der Waals surface area contributed by atoms with E-state index in [1.807, 2.05) is 76.2 Å². The molecule has 1 amide bonds. The van der Waals surface area contributed by atoms with Crippen molar-refractivity contribution >= 4 is 29.7 Å². The van der Waals surface area contributed by atoms with E-state index in [2.05, 4.69) is 5.32 Å². The molecule has 1 fully saturated rings. The number of esters is 1. The average molecular weight is 941 g/mol. The Morgan fingerprint density at radius 3 is 2.08 bits per heavy atom. The average Bonchev–Trinajstić information content (AvgIpc) is 3.64. The molecule has 1 aliphatic heterocycles. The molecule has 4 aromatic carbocycles. The van der Waals surface area contributed by atoms with Gasteiger partial charge in [-0.05, 0) is 79.3 Å². The molecule has 354 valence electrons. The number of alkyl carbamates (subject to hydrolysis) is 1. The Labute approximate surface area is 382 Å². The van der Waals surface area contributed by atoms with Crippen LogP contribution in [0.1, 0.15) is 51.3 Å². The van der Waals surface area contributed by atoms with Crippen LogP contribution in [0.3, 0.4) is 0 Å². The number of methoxy groups -OCH3 is 1. The third kappa shape index (κ3) is 15.6. The number of hydrogen-bond acceptors (Lipinski definition) is 14. The van der Waals surface area contributed by atoms with Gasteiger partial charge < -0.3 is 43.4 Å². The number of aliphatic hydroxyl groups excluding tert-OH is 1. The Morgan fingerprint density at radius 1 is 0.862 bits per heavy atom. The lowest BCUT2D eigenvalue weighted by Crippen LogP contribution is -2.51. The Kier molecular flexibility index (Phi) is 19.4. The second kappa shape index (κ2) is 24.6. The van der Waals surface area contributed by atoms with Gasteiger partial charge in [0.15, 0.2) is 18.7 Å². The molecule has 18 heteroatoms. The van der Waals surface area contributed by atoms with Crippen molar-refractivity contribution in [2.24, 2.45) is 11.8 Å². The van der Waals surface area contributed by atoms with Gasteiger partial charge in [0.1, 0.15) is 24.2 Å². The van der Waals surface area contributed by atoms with E-state index in [0.717, 1.165) is 11.1 Å². The van der Waals surface area contributed by atoms with Gasteiger partial charge in [0.2, 0.25) is 10.0 Å². The number of carbonyl (C=O) groups excluding carboxylic acids is 2. The number of nitrogens with zero attached hydrogens (tertiary/aromatic N) is 1. The Hall–Kier alpha value is -4.84. The molecule has 0 aromatic heterocycles. The van der Waals surface area contributed by atoms with Crippen LogP contribution in [-0.2, 0) is 67.0 Å². The summed E-state index contributed by atoms with van der Waals surface area (Å²) in [6.07, 6.45) is -5.19. The number of amides is 1. The summed E-state index contributed by atoms with van der Waals surface area (Å²) in [4.78, 5) is 26.4. The summed E-state index contributed by atoms with van der Waals surface area (Å²) in [7, 11) is -6.72. The predicted octanol–water partition coefficient (Wildman–Crippen LogP) is 7.33. The first-order chi connectivity index (χ1) is 31.1. The van der Waals surface area contributed by atoms with Crippen molar-refractivity contribution in [2.45, 2.75) is 89.8 Å². The zero-order chi connectivity index (χ0) is 47.0. The molecule has 3 unspecified atom stereocenters. The van der Waals surface area contributed by atoms with Gasteiger partial charge in [-0.1, -0.05) is 93.6 Å². The van der Waals surface area contributed by atoms with E-state index in [0.29, 0.717) is 17.9 Å². The van der Waals surface area contributed by atoms with E-state index in [-0.39, 0.29) is 61.8 Å². The first-order valence-electron chi connectivity index (χ1n) is 21.5. The summed E-state index contributed by atoms with van der Waals surface area (Å²) in [5.41, 5.74) is 2.12. The molecule has 7 atom stereocenters. The molecule has 1 heterocycles. The van der Waals surface area contributed by atoms with Crippen LogP contribution in [0.25, 0.3) is 0 Å². The summed E-state index contributed by atoms with van der Waals surface area (Å²) >= 11 is 0. The van der Waals surface area contributed by atoms with Crippen LogP contribution in [0, 0.1) is 11.8 Å². The van der Waals surface area contributed by atoms with Crippen LogP contribution in [0.4, 0.5) is 4.79 Å². The van der Waals surface area contributed by atoms with Crippen molar-refractivity contribution in [1.82, 2.24) is 9.62 Å². The van der Waals surface area contributed by atoms with Crippen LogP contribution in [0.2, 0.25) is 0 Å². The van der Waals surface area contributed by atoms with Crippen LogP contribution in [-0.4, -0.2) is 100 Å². The topological polar surface area (TPSA) is 195 Å². The second-order valence-electron chi connectivity index (χ2n) is 16.0. The van der Waals surface area contributed by atoms with E-state index in [1.54, 1.807) is 48.5 Å². The molecule has 4 aromatic rings. The highest BCUT2D eigenvalue weighted by Crippen LogP contribution is 2.50. The quantitative estimate of drug-likeness (QED) is 0.0495. The molecule has 2 N–H and O–H groups in total. The summed E-state index contributed by atoms with van der Waals surface area (Å²) in [5, 5.41) is 14.6. The lowest BCUT2D eigenvalue weighted by Gasteiger charge is -2.31. The fourth-order valence-corrected chi connectivity index (χ4v) is 9.83. The first-order valence-corrected chi connectivity index (χ1v) is 24.7. The normalized spacial score (nSPS) is 18.6. The number of hydrogen-bond donors (Lipinski definition) is 2. The third-order valence-electron chi connectivity index (χ3n) is 10.4. The zero-order valence-electron chi connectivity index (χ0n) is 37.6. The summed E-state index contributed by atoms with van der Waals surface area (Å²) in [6, 6.07) is 29.6. The van der Waals surface area contributed by atoms with E-state index in [9.17, 15) is 27.7 Å². The number of sulfonamides is 1. The fraction of sp³-hybridized carbons (Fsp3) is 0.447. The minimum Gasteiger partial charge on any atom is -0.497 e. The van der Waals surface area contributed by atoms with Gasteiger partial charge in [-0.15, -0.1) is 0 Å². The molecule has 0 saturated carbocycles. The molecule has 1 saturated heterocycles. The molecule has 16 nitrogen and oxygen atoms in total. The summed E-state index contributed by atoms with van der Waals surface area (Å²) in [6.45, 7) is 9.01. The first kappa shape index (κ1) is 51.1. The van der Waals surface area contributed by atoms with E-state index >= 15 is 0 Å². The fourth-order valence-electron chi connectivity index (χ4n) is 6.80. The number of nitrogens with one attached hydrogen (secondary N) is 1. The molecular weight excluding hydrogens is 880 g/mol.